The Morgan fingerprint density at radius 2 is 1.96 bits per heavy atom. The molecule has 1 N–H and O–H groups in total. The van der Waals surface area contributed by atoms with Gasteiger partial charge in [-0.2, -0.15) is 0 Å². The van der Waals surface area contributed by atoms with Crippen LogP contribution < -0.4 is 5.32 Å². The van der Waals surface area contributed by atoms with Crippen LogP contribution in [0, 0.1) is 5.92 Å². The number of fused-ring (bicyclic) bond motifs is 1. The van der Waals surface area contributed by atoms with E-state index in [1.807, 2.05) is 12.1 Å². The van der Waals surface area contributed by atoms with Crippen molar-refractivity contribution in [1.29, 1.82) is 0 Å². The molecule has 0 aromatic heterocycles. The van der Waals surface area contributed by atoms with E-state index >= 15 is 0 Å². The number of benzene rings is 2. The number of hydrogen-bond donors (Lipinski definition) is 1. The molecule has 1 saturated carbocycles. The molecule has 0 spiro atoms. The van der Waals surface area contributed by atoms with E-state index in [4.69, 9.17) is 4.74 Å². The second-order valence-corrected chi connectivity index (χ2v) is 8.05. The minimum Gasteiger partial charge on any atom is -0.381 e. The SMILES string of the molecule is O=C1NC(CC2CCCOC2)C(=O)N1[C@@H]1C[C@H]1c1ccc2ccccc2c1. The maximum atomic E-state index is 12.9. The van der Waals surface area contributed by atoms with Gasteiger partial charge in [-0.3, -0.25) is 9.69 Å². The van der Waals surface area contributed by atoms with Crippen molar-refractivity contribution >= 4 is 22.7 Å². The fraction of sp³-hybridized carbons (Fsp3) is 0.455. The van der Waals surface area contributed by atoms with Crippen molar-refractivity contribution in [2.75, 3.05) is 13.2 Å². The largest absolute Gasteiger partial charge is 0.381 e. The summed E-state index contributed by atoms with van der Waals surface area (Å²) < 4.78 is 5.51. The molecule has 2 aliphatic heterocycles. The van der Waals surface area contributed by atoms with Gasteiger partial charge in [0.2, 0.25) is 0 Å². The monoisotopic (exact) mass is 364 g/mol. The lowest BCUT2D eigenvalue weighted by molar-refractivity contribution is -0.128. The average molecular weight is 364 g/mol. The molecule has 2 heterocycles. The highest BCUT2D eigenvalue weighted by molar-refractivity contribution is 6.05. The highest BCUT2D eigenvalue weighted by atomic mass is 16.5. The Morgan fingerprint density at radius 1 is 1.11 bits per heavy atom. The number of carbonyl (C=O) groups excluding carboxylic acids is 2. The molecule has 2 saturated heterocycles. The Hall–Kier alpha value is -2.40. The van der Waals surface area contributed by atoms with Gasteiger partial charge in [-0.1, -0.05) is 42.5 Å². The van der Waals surface area contributed by atoms with Gasteiger partial charge in [0, 0.05) is 25.2 Å². The number of nitrogens with zero attached hydrogens (tertiary/aromatic N) is 1. The fourth-order valence-corrected chi connectivity index (χ4v) is 4.61. The first-order valence-corrected chi connectivity index (χ1v) is 9.91. The quantitative estimate of drug-likeness (QED) is 0.846. The van der Waals surface area contributed by atoms with Gasteiger partial charge in [-0.15, -0.1) is 0 Å². The van der Waals surface area contributed by atoms with E-state index in [0.717, 1.165) is 25.9 Å². The van der Waals surface area contributed by atoms with Crippen LogP contribution in [0.2, 0.25) is 0 Å². The Bertz CT molecular complexity index is 890. The fourth-order valence-electron chi connectivity index (χ4n) is 4.61. The molecule has 1 aliphatic carbocycles. The van der Waals surface area contributed by atoms with Gasteiger partial charge in [-0.05, 0) is 47.9 Å². The lowest BCUT2D eigenvalue weighted by atomic mass is 9.94. The summed E-state index contributed by atoms with van der Waals surface area (Å²) in [5.41, 5.74) is 1.21. The number of urea groups is 1. The summed E-state index contributed by atoms with van der Waals surface area (Å²) in [7, 11) is 0. The molecule has 0 bridgehead atoms. The lowest BCUT2D eigenvalue weighted by Crippen LogP contribution is -2.35. The third-order valence-corrected chi connectivity index (χ3v) is 6.17. The number of carbonyl (C=O) groups is 2. The van der Waals surface area contributed by atoms with Crippen LogP contribution in [0.1, 0.15) is 37.2 Å². The molecule has 5 nitrogen and oxygen atoms in total. The number of imide groups is 1. The standard InChI is InChI=1S/C22H24N2O3/c25-21-19(10-14-4-3-9-27-13-14)23-22(26)24(21)20-12-18(20)17-8-7-15-5-1-2-6-16(15)11-17/h1-2,5-8,11,14,18-20H,3-4,9-10,12-13H2,(H,23,26)/t14?,18-,19?,20+/m0/s1. The number of amides is 3. The van der Waals surface area contributed by atoms with E-state index in [1.165, 1.54) is 21.2 Å². The van der Waals surface area contributed by atoms with Gasteiger partial charge in [0.25, 0.3) is 5.91 Å². The molecular formula is C22H24N2O3. The Kier molecular flexibility index (Phi) is 4.12. The Balaban J connectivity index is 1.28. The van der Waals surface area contributed by atoms with E-state index in [-0.39, 0.29) is 29.9 Å². The van der Waals surface area contributed by atoms with Gasteiger partial charge in [0.1, 0.15) is 6.04 Å². The number of rotatable bonds is 4. The van der Waals surface area contributed by atoms with Crippen LogP contribution in [0.5, 0.6) is 0 Å². The van der Waals surface area contributed by atoms with E-state index < -0.39 is 0 Å². The minimum atomic E-state index is -0.387. The molecule has 5 heteroatoms. The van der Waals surface area contributed by atoms with Crippen molar-refractivity contribution in [2.24, 2.45) is 5.92 Å². The van der Waals surface area contributed by atoms with E-state index in [1.54, 1.807) is 0 Å². The van der Waals surface area contributed by atoms with Crippen molar-refractivity contribution in [3.05, 3.63) is 48.0 Å². The number of hydrogen-bond acceptors (Lipinski definition) is 3. The summed E-state index contributed by atoms with van der Waals surface area (Å²) >= 11 is 0. The van der Waals surface area contributed by atoms with Crippen molar-refractivity contribution in [1.82, 2.24) is 10.2 Å². The van der Waals surface area contributed by atoms with Crippen LogP contribution in [0.25, 0.3) is 10.8 Å². The molecule has 2 aromatic rings. The smallest absolute Gasteiger partial charge is 0.325 e. The van der Waals surface area contributed by atoms with E-state index in [0.29, 0.717) is 18.9 Å². The summed E-state index contributed by atoms with van der Waals surface area (Å²) in [6.07, 6.45) is 3.66. The first-order chi connectivity index (χ1) is 13.2. The zero-order valence-electron chi connectivity index (χ0n) is 15.3. The average Bonchev–Trinajstić information content (AvgIpc) is 3.43. The minimum absolute atomic E-state index is 0.00809. The first kappa shape index (κ1) is 16.8. The molecule has 5 rings (SSSR count). The topological polar surface area (TPSA) is 58.6 Å². The zero-order valence-corrected chi connectivity index (χ0v) is 15.3. The van der Waals surface area contributed by atoms with Gasteiger partial charge >= 0.3 is 6.03 Å². The lowest BCUT2D eigenvalue weighted by Gasteiger charge is -2.23. The predicted octanol–water partition coefficient (Wildman–Crippen LogP) is 3.43. The molecule has 3 aliphatic rings. The number of ether oxygens (including phenoxy) is 1. The van der Waals surface area contributed by atoms with E-state index in [9.17, 15) is 9.59 Å². The van der Waals surface area contributed by atoms with Crippen molar-refractivity contribution in [3.63, 3.8) is 0 Å². The maximum Gasteiger partial charge on any atom is 0.325 e. The second kappa shape index (κ2) is 6.64. The van der Waals surface area contributed by atoms with Crippen LogP contribution in [0.4, 0.5) is 4.79 Å². The molecule has 140 valence electrons. The zero-order chi connectivity index (χ0) is 18.4. The molecule has 4 atom stereocenters. The van der Waals surface area contributed by atoms with Gasteiger partial charge in [0.15, 0.2) is 0 Å². The predicted molar refractivity (Wildman–Crippen MR) is 102 cm³/mol. The van der Waals surface area contributed by atoms with Gasteiger partial charge in [0.05, 0.1) is 0 Å². The van der Waals surface area contributed by atoms with Gasteiger partial charge < -0.3 is 10.1 Å². The van der Waals surface area contributed by atoms with Crippen LogP contribution in [-0.2, 0) is 9.53 Å². The molecule has 0 radical (unpaired) electrons. The molecule has 27 heavy (non-hydrogen) atoms. The van der Waals surface area contributed by atoms with Crippen LogP contribution in [0.15, 0.2) is 42.5 Å². The Labute approximate surface area is 158 Å². The molecular weight excluding hydrogens is 340 g/mol. The van der Waals surface area contributed by atoms with Crippen LogP contribution in [-0.4, -0.2) is 42.1 Å². The highest BCUT2D eigenvalue weighted by Crippen LogP contribution is 2.46. The third kappa shape index (κ3) is 3.10. The maximum absolute atomic E-state index is 12.9. The molecule has 2 unspecified atom stereocenters. The highest BCUT2D eigenvalue weighted by Gasteiger charge is 2.52. The normalized spacial score (nSPS) is 30.6. The van der Waals surface area contributed by atoms with Crippen LogP contribution >= 0.6 is 0 Å². The summed E-state index contributed by atoms with van der Waals surface area (Å²) in [6.45, 7) is 1.51. The second-order valence-electron chi connectivity index (χ2n) is 8.05. The summed E-state index contributed by atoms with van der Waals surface area (Å²) in [4.78, 5) is 26.8. The summed E-state index contributed by atoms with van der Waals surface area (Å²) in [5.74, 6) is 0.559. The summed E-state index contributed by atoms with van der Waals surface area (Å²) in [5, 5.41) is 5.32. The van der Waals surface area contributed by atoms with E-state index in [2.05, 4.69) is 35.6 Å². The molecule has 2 aromatic carbocycles. The van der Waals surface area contributed by atoms with Crippen molar-refractivity contribution < 1.29 is 14.3 Å². The van der Waals surface area contributed by atoms with Crippen molar-refractivity contribution in [3.8, 4) is 0 Å². The van der Waals surface area contributed by atoms with Crippen molar-refractivity contribution in [2.45, 2.75) is 43.7 Å². The first-order valence-electron chi connectivity index (χ1n) is 9.91. The Morgan fingerprint density at radius 3 is 2.78 bits per heavy atom. The third-order valence-electron chi connectivity index (χ3n) is 6.17. The number of nitrogens with one attached hydrogen (secondary N) is 1. The van der Waals surface area contributed by atoms with Crippen LogP contribution in [0.3, 0.4) is 0 Å². The molecule has 3 fully saturated rings. The van der Waals surface area contributed by atoms with Gasteiger partial charge in [-0.25, -0.2) is 4.79 Å². The molecule has 3 amide bonds. The summed E-state index contributed by atoms with van der Waals surface area (Å²) in [6, 6.07) is 14.1.